The Hall–Kier alpha value is -1.35. The van der Waals surface area contributed by atoms with Gasteiger partial charge in [-0.1, -0.05) is 24.0 Å². The summed E-state index contributed by atoms with van der Waals surface area (Å²) in [4.78, 5) is 0.0759. The monoisotopic (exact) mass is 238 g/mol. The van der Waals surface area contributed by atoms with E-state index in [1.807, 2.05) is 7.05 Å². The smallest absolute Gasteiger partial charge is 0.239 e. The van der Waals surface area contributed by atoms with Gasteiger partial charge in [0.1, 0.15) is 0 Å². The molecule has 5 heteroatoms. The zero-order valence-electron chi connectivity index (χ0n) is 9.03. The van der Waals surface area contributed by atoms with E-state index in [9.17, 15) is 8.42 Å². The fourth-order valence-electron chi connectivity index (χ4n) is 1.16. The third-order valence-corrected chi connectivity index (χ3v) is 2.89. The first-order chi connectivity index (χ1) is 7.55. The summed E-state index contributed by atoms with van der Waals surface area (Å²) in [6.07, 6.45) is 0.662. The van der Waals surface area contributed by atoms with Crippen molar-refractivity contribution in [3.63, 3.8) is 0 Å². The number of sulfonamides is 1. The summed E-state index contributed by atoms with van der Waals surface area (Å²) in [7, 11) is -1.86. The quantitative estimate of drug-likeness (QED) is 0.587. The minimum absolute atomic E-state index is 0.0759. The van der Waals surface area contributed by atoms with Crippen LogP contribution < -0.4 is 10.5 Å². The largest absolute Gasteiger partial charge is 0.319 e. The van der Waals surface area contributed by atoms with Crippen molar-refractivity contribution >= 4 is 10.0 Å². The Morgan fingerprint density at radius 1 is 1.38 bits per heavy atom. The van der Waals surface area contributed by atoms with Gasteiger partial charge in [-0.3, -0.25) is 0 Å². The van der Waals surface area contributed by atoms with Crippen molar-refractivity contribution in [1.29, 1.82) is 0 Å². The fraction of sp³-hybridized carbons (Fsp3) is 0.273. The Labute approximate surface area is 95.9 Å². The van der Waals surface area contributed by atoms with Gasteiger partial charge in [-0.2, -0.15) is 0 Å². The van der Waals surface area contributed by atoms with Crippen LogP contribution in [0.25, 0.3) is 0 Å². The fourth-order valence-corrected chi connectivity index (χ4v) is 1.86. The molecular formula is C11H14N2O2S. The van der Waals surface area contributed by atoms with Gasteiger partial charge in [0, 0.05) is 18.5 Å². The van der Waals surface area contributed by atoms with Crippen LogP contribution in [0.1, 0.15) is 12.0 Å². The van der Waals surface area contributed by atoms with Crippen molar-refractivity contribution in [2.24, 2.45) is 5.14 Å². The van der Waals surface area contributed by atoms with E-state index in [1.54, 1.807) is 18.2 Å². The predicted octanol–water partition coefficient (Wildman–Crippen LogP) is 0.295. The van der Waals surface area contributed by atoms with E-state index >= 15 is 0 Å². The summed E-state index contributed by atoms with van der Waals surface area (Å²) in [5.41, 5.74) is 0.445. The highest BCUT2D eigenvalue weighted by Gasteiger charge is 2.10. The SMILES string of the molecule is CNCCC#Cc1ccccc1S(N)(=O)=O. The van der Waals surface area contributed by atoms with Crippen LogP contribution in [-0.4, -0.2) is 22.0 Å². The van der Waals surface area contributed by atoms with Crippen LogP contribution in [-0.2, 0) is 10.0 Å². The lowest BCUT2D eigenvalue weighted by atomic mass is 10.2. The molecule has 0 aliphatic rings. The molecule has 0 aliphatic carbocycles. The maximum Gasteiger partial charge on any atom is 0.239 e. The number of hydrogen-bond acceptors (Lipinski definition) is 3. The van der Waals surface area contributed by atoms with E-state index in [4.69, 9.17) is 5.14 Å². The third kappa shape index (κ3) is 3.66. The van der Waals surface area contributed by atoms with Crippen molar-refractivity contribution in [2.75, 3.05) is 13.6 Å². The van der Waals surface area contributed by atoms with Gasteiger partial charge >= 0.3 is 0 Å². The first kappa shape index (κ1) is 12.7. The second-order valence-electron chi connectivity index (χ2n) is 3.20. The average molecular weight is 238 g/mol. The molecule has 0 atom stereocenters. The van der Waals surface area contributed by atoms with E-state index in [0.29, 0.717) is 12.0 Å². The molecule has 0 unspecified atom stereocenters. The molecule has 0 spiro atoms. The van der Waals surface area contributed by atoms with Crippen molar-refractivity contribution in [3.8, 4) is 11.8 Å². The Bertz CT molecular complexity index is 512. The minimum atomic E-state index is -3.69. The van der Waals surface area contributed by atoms with Crippen molar-refractivity contribution in [3.05, 3.63) is 29.8 Å². The minimum Gasteiger partial charge on any atom is -0.319 e. The molecule has 3 N–H and O–H groups in total. The molecule has 4 nitrogen and oxygen atoms in total. The molecular weight excluding hydrogens is 224 g/mol. The van der Waals surface area contributed by atoms with Gasteiger partial charge in [0.25, 0.3) is 0 Å². The summed E-state index contributed by atoms with van der Waals surface area (Å²) < 4.78 is 22.5. The lowest BCUT2D eigenvalue weighted by Gasteiger charge is -2.00. The van der Waals surface area contributed by atoms with E-state index in [0.717, 1.165) is 6.54 Å². The second kappa shape index (κ2) is 5.66. The number of hydrogen-bond donors (Lipinski definition) is 2. The number of nitrogens with one attached hydrogen (secondary N) is 1. The molecule has 86 valence electrons. The Kier molecular flexibility index (Phi) is 4.50. The molecule has 0 amide bonds. The van der Waals surface area contributed by atoms with E-state index in [-0.39, 0.29) is 4.90 Å². The second-order valence-corrected chi connectivity index (χ2v) is 4.73. The van der Waals surface area contributed by atoms with Gasteiger partial charge in [-0.15, -0.1) is 0 Å². The standard InChI is InChI=1S/C11H14N2O2S/c1-13-9-5-4-7-10-6-2-3-8-11(10)16(12,14)15/h2-3,6,8,13H,5,9H2,1H3,(H2,12,14,15). The molecule has 1 rings (SSSR count). The Morgan fingerprint density at radius 3 is 2.69 bits per heavy atom. The van der Waals surface area contributed by atoms with Crippen LogP contribution >= 0.6 is 0 Å². The van der Waals surface area contributed by atoms with Crippen molar-refractivity contribution in [2.45, 2.75) is 11.3 Å². The van der Waals surface area contributed by atoms with Gasteiger partial charge in [-0.25, -0.2) is 13.6 Å². The third-order valence-electron chi connectivity index (χ3n) is 1.92. The molecule has 1 aromatic rings. The molecule has 1 aromatic carbocycles. The van der Waals surface area contributed by atoms with Crippen LogP contribution in [0, 0.1) is 11.8 Å². The number of rotatable bonds is 3. The zero-order valence-corrected chi connectivity index (χ0v) is 9.84. The number of benzene rings is 1. The molecule has 0 radical (unpaired) electrons. The average Bonchev–Trinajstić information content (AvgIpc) is 2.24. The lowest BCUT2D eigenvalue weighted by molar-refractivity contribution is 0.597. The molecule has 16 heavy (non-hydrogen) atoms. The maximum atomic E-state index is 11.2. The van der Waals surface area contributed by atoms with Crippen LogP contribution in [0.3, 0.4) is 0 Å². The van der Waals surface area contributed by atoms with Crippen LogP contribution in [0.15, 0.2) is 29.2 Å². The van der Waals surface area contributed by atoms with Gasteiger partial charge in [0.15, 0.2) is 0 Å². The van der Waals surface area contributed by atoms with Crippen LogP contribution in [0.4, 0.5) is 0 Å². The topological polar surface area (TPSA) is 72.2 Å². The molecule has 0 heterocycles. The highest BCUT2D eigenvalue weighted by molar-refractivity contribution is 7.89. The number of nitrogens with two attached hydrogens (primary N) is 1. The normalized spacial score (nSPS) is 10.6. The molecule has 0 fully saturated rings. The molecule has 0 saturated heterocycles. The highest BCUT2D eigenvalue weighted by Crippen LogP contribution is 2.11. The van der Waals surface area contributed by atoms with E-state index in [1.165, 1.54) is 6.07 Å². The first-order valence-corrected chi connectivity index (χ1v) is 6.35. The predicted molar refractivity (Wildman–Crippen MR) is 63.2 cm³/mol. The first-order valence-electron chi connectivity index (χ1n) is 4.81. The van der Waals surface area contributed by atoms with Gasteiger partial charge in [0.05, 0.1) is 4.90 Å². The van der Waals surface area contributed by atoms with Crippen molar-refractivity contribution < 1.29 is 8.42 Å². The van der Waals surface area contributed by atoms with Crippen LogP contribution in [0.2, 0.25) is 0 Å². The van der Waals surface area contributed by atoms with E-state index in [2.05, 4.69) is 17.2 Å². The Morgan fingerprint density at radius 2 is 2.06 bits per heavy atom. The van der Waals surface area contributed by atoms with Crippen LogP contribution in [0.5, 0.6) is 0 Å². The highest BCUT2D eigenvalue weighted by atomic mass is 32.2. The summed E-state index contributed by atoms with van der Waals surface area (Å²) in [6, 6.07) is 6.46. The van der Waals surface area contributed by atoms with Gasteiger partial charge in [-0.05, 0) is 19.2 Å². The molecule has 0 saturated carbocycles. The summed E-state index contributed by atoms with van der Waals surface area (Å²) in [6.45, 7) is 0.768. The Balaban J connectivity index is 3.00. The van der Waals surface area contributed by atoms with Crippen molar-refractivity contribution in [1.82, 2.24) is 5.32 Å². The molecule has 0 aromatic heterocycles. The summed E-state index contributed by atoms with van der Waals surface area (Å²) >= 11 is 0. The van der Waals surface area contributed by atoms with E-state index < -0.39 is 10.0 Å². The van der Waals surface area contributed by atoms with Gasteiger partial charge < -0.3 is 5.32 Å². The molecule has 0 aliphatic heterocycles. The zero-order chi connectivity index (χ0) is 12.0. The van der Waals surface area contributed by atoms with Gasteiger partial charge in [0.2, 0.25) is 10.0 Å². The maximum absolute atomic E-state index is 11.2. The summed E-state index contributed by atoms with van der Waals surface area (Å²) in [5.74, 6) is 5.69. The molecule has 0 bridgehead atoms. The lowest BCUT2D eigenvalue weighted by Crippen LogP contribution is -2.13. The summed E-state index contributed by atoms with van der Waals surface area (Å²) in [5, 5.41) is 8.03. The number of primary sulfonamides is 1.